The van der Waals surface area contributed by atoms with Gasteiger partial charge in [0.1, 0.15) is 0 Å². The average molecular weight is 469 g/mol. The molecule has 6 rings (SSSR count). The number of nitrogens with two attached hydrogens (primary N) is 1. The van der Waals surface area contributed by atoms with Crippen molar-refractivity contribution in [1.29, 1.82) is 0 Å². The Kier molecular flexibility index (Phi) is 7.05. The number of nitrogens with zero attached hydrogens (tertiary/aromatic N) is 3. The number of fused-ring (bicyclic) bond motifs is 4. The van der Waals surface area contributed by atoms with E-state index in [1.54, 1.807) is 0 Å². The summed E-state index contributed by atoms with van der Waals surface area (Å²) >= 11 is 0. The van der Waals surface area contributed by atoms with E-state index in [9.17, 15) is 0 Å². The lowest BCUT2D eigenvalue weighted by Gasteiger charge is -2.34. The van der Waals surface area contributed by atoms with Gasteiger partial charge in [-0.15, -0.1) is 0 Å². The van der Waals surface area contributed by atoms with E-state index in [2.05, 4.69) is 10.6 Å². The van der Waals surface area contributed by atoms with Crippen molar-refractivity contribution in [2.75, 3.05) is 0 Å². The van der Waals surface area contributed by atoms with Gasteiger partial charge in [0.05, 0.1) is 12.1 Å². The number of guanidine groups is 2. The second-order valence-electron chi connectivity index (χ2n) is 12.7. The zero-order chi connectivity index (χ0) is 22.9. The van der Waals surface area contributed by atoms with Gasteiger partial charge < -0.3 is 10.6 Å². The third-order valence-corrected chi connectivity index (χ3v) is 10.3. The van der Waals surface area contributed by atoms with Crippen molar-refractivity contribution in [2.45, 2.75) is 140 Å². The summed E-state index contributed by atoms with van der Waals surface area (Å²) in [6.07, 6.45) is 23.7. The van der Waals surface area contributed by atoms with E-state index < -0.39 is 0 Å². The van der Waals surface area contributed by atoms with Gasteiger partial charge in [0.15, 0.2) is 0 Å². The second kappa shape index (κ2) is 10.4. The summed E-state index contributed by atoms with van der Waals surface area (Å²) in [7, 11) is 0. The van der Waals surface area contributed by atoms with Crippen molar-refractivity contribution in [3.8, 4) is 0 Å². The number of hydrogen-bond acceptors (Lipinski definition) is 3. The molecule has 6 unspecified atom stereocenters. The third-order valence-electron chi connectivity index (χ3n) is 10.3. The van der Waals surface area contributed by atoms with Gasteiger partial charge in [-0.3, -0.25) is 0 Å². The molecule has 6 fully saturated rings. The lowest BCUT2D eigenvalue weighted by Crippen LogP contribution is -2.59. The van der Waals surface area contributed by atoms with Crippen molar-refractivity contribution >= 4 is 11.9 Å². The predicted octanol–water partition coefficient (Wildman–Crippen LogP) is 5.10. The number of aliphatic imine (C=N–C) groups is 2. The van der Waals surface area contributed by atoms with Crippen LogP contribution >= 0.6 is 0 Å². The maximum atomic E-state index is 7.00. The normalized spacial score (nSPS) is 39.1. The Bertz CT molecular complexity index is 752. The first kappa shape index (κ1) is 23.1. The molecule has 0 aromatic heterocycles. The van der Waals surface area contributed by atoms with E-state index in [0.29, 0.717) is 24.2 Å². The minimum absolute atomic E-state index is 0.400. The van der Waals surface area contributed by atoms with Gasteiger partial charge in [0.2, 0.25) is 11.9 Å². The fourth-order valence-corrected chi connectivity index (χ4v) is 8.36. The van der Waals surface area contributed by atoms with Crippen LogP contribution in [-0.2, 0) is 0 Å². The maximum absolute atomic E-state index is 7.00. The molecule has 4 bridgehead atoms. The summed E-state index contributed by atoms with van der Waals surface area (Å²) in [5, 5.41) is 9.61. The third kappa shape index (κ3) is 5.12. The molecular weight excluding hydrogens is 420 g/mol. The maximum Gasteiger partial charge on any atom is 0.216 e. The highest BCUT2D eigenvalue weighted by Gasteiger charge is 2.42. The SMILES string of the molecule is NN(C(=NC1CCCCC1)NC1CCCCC1)C(=NC1CC2CCC1C2)NC1CC2CCC1C2. The van der Waals surface area contributed by atoms with E-state index >= 15 is 0 Å². The molecule has 0 heterocycles. The summed E-state index contributed by atoms with van der Waals surface area (Å²) in [6.45, 7) is 0. The van der Waals surface area contributed by atoms with Crippen LogP contribution in [0.2, 0.25) is 0 Å². The lowest BCUT2D eigenvalue weighted by atomic mass is 9.95. The van der Waals surface area contributed by atoms with Gasteiger partial charge in [0.25, 0.3) is 0 Å². The van der Waals surface area contributed by atoms with Crippen LogP contribution < -0.4 is 16.5 Å². The molecule has 34 heavy (non-hydrogen) atoms. The second-order valence-corrected chi connectivity index (χ2v) is 12.7. The van der Waals surface area contributed by atoms with E-state index in [1.807, 2.05) is 5.01 Å². The Morgan fingerprint density at radius 3 is 1.88 bits per heavy atom. The van der Waals surface area contributed by atoms with Gasteiger partial charge >= 0.3 is 0 Å². The molecule has 0 radical (unpaired) electrons. The molecular formula is C28H48N6. The van der Waals surface area contributed by atoms with Crippen molar-refractivity contribution in [3.63, 3.8) is 0 Å². The Labute approximate surface area is 207 Å². The molecule has 6 heteroatoms. The van der Waals surface area contributed by atoms with Crippen molar-refractivity contribution in [3.05, 3.63) is 0 Å². The summed E-state index contributed by atoms with van der Waals surface area (Å²) in [6, 6.07) is 1.87. The largest absolute Gasteiger partial charge is 0.352 e. The quantitative estimate of drug-likeness (QED) is 0.232. The number of nitrogens with one attached hydrogen (secondary N) is 2. The Hall–Kier alpha value is -1.30. The predicted molar refractivity (Wildman–Crippen MR) is 139 cm³/mol. The van der Waals surface area contributed by atoms with Crippen LogP contribution in [0.4, 0.5) is 0 Å². The van der Waals surface area contributed by atoms with Crippen LogP contribution in [0.15, 0.2) is 9.98 Å². The van der Waals surface area contributed by atoms with Crippen molar-refractivity contribution in [2.24, 2.45) is 39.5 Å². The Morgan fingerprint density at radius 2 is 1.26 bits per heavy atom. The van der Waals surface area contributed by atoms with Gasteiger partial charge in [0, 0.05) is 12.1 Å². The molecule has 6 nitrogen and oxygen atoms in total. The molecule has 6 aliphatic rings. The lowest BCUT2D eigenvalue weighted by molar-refractivity contribution is 0.365. The van der Waals surface area contributed by atoms with Gasteiger partial charge in [-0.2, -0.15) is 0 Å². The fourth-order valence-electron chi connectivity index (χ4n) is 8.36. The highest BCUT2D eigenvalue weighted by molar-refractivity contribution is 5.98. The van der Waals surface area contributed by atoms with Crippen LogP contribution in [0.5, 0.6) is 0 Å². The first-order valence-electron chi connectivity index (χ1n) is 14.9. The number of hydrazine groups is 1. The van der Waals surface area contributed by atoms with Crippen LogP contribution in [0.3, 0.4) is 0 Å². The molecule has 6 saturated carbocycles. The molecule has 190 valence electrons. The standard InChI is InChI=1S/C28H48N6/c29-34(27(30-23-7-3-1-4-8-23)31-24-9-5-2-6-10-24)28(32-25-17-19-11-13-21(25)15-19)33-26-18-20-12-14-22(26)16-20/h19-26H,1-18,29H2,(H,30,31)(H,32,33). The van der Waals surface area contributed by atoms with Gasteiger partial charge in [-0.05, 0) is 87.9 Å². The topological polar surface area (TPSA) is 78.0 Å². The zero-order valence-electron chi connectivity index (χ0n) is 21.3. The highest BCUT2D eigenvalue weighted by Crippen LogP contribution is 2.47. The van der Waals surface area contributed by atoms with E-state index in [0.717, 1.165) is 35.6 Å². The smallest absolute Gasteiger partial charge is 0.216 e. The number of rotatable bonds is 4. The summed E-state index contributed by atoms with van der Waals surface area (Å²) in [5.41, 5.74) is 0. The first-order chi connectivity index (χ1) is 16.7. The number of hydrogen-bond donors (Lipinski definition) is 3. The van der Waals surface area contributed by atoms with Crippen LogP contribution in [0, 0.1) is 23.7 Å². The minimum atomic E-state index is 0.400. The van der Waals surface area contributed by atoms with E-state index in [-0.39, 0.29) is 0 Å². The first-order valence-corrected chi connectivity index (χ1v) is 14.9. The fraction of sp³-hybridized carbons (Fsp3) is 0.929. The molecule has 0 aliphatic heterocycles. The monoisotopic (exact) mass is 468 g/mol. The van der Waals surface area contributed by atoms with Gasteiger partial charge in [-0.1, -0.05) is 51.4 Å². The molecule has 6 atom stereocenters. The van der Waals surface area contributed by atoms with Crippen LogP contribution in [0.1, 0.15) is 116 Å². The highest BCUT2D eigenvalue weighted by atomic mass is 15.5. The molecule has 0 aromatic carbocycles. The summed E-state index contributed by atoms with van der Waals surface area (Å²) < 4.78 is 0. The molecule has 0 saturated heterocycles. The van der Waals surface area contributed by atoms with Crippen LogP contribution in [0.25, 0.3) is 0 Å². The van der Waals surface area contributed by atoms with Crippen molar-refractivity contribution < 1.29 is 0 Å². The van der Waals surface area contributed by atoms with E-state index in [4.69, 9.17) is 15.8 Å². The Morgan fingerprint density at radius 1 is 0.618 bits per heavy atom. The molecule has 0 spiro atoms. The molecule has 0 amide bonds. The minimum Gasteiger partial charge on any atom is -0.352 e. The average Bonchev–Trinajstić information content (AvgIpc) is 3.67. The molecule has 0 aromatic rings. The molecule has 4 N–H and O–H groups in total. The van der Waals surface area contributed by atoms with Crippen LogP contribution in [-0.4, -0.2) is 41.1 Å². The Balaban J connectivity index is 1.25. The van der Waals surface area contributed by atoms with E-state index in [1.165, 1.54) is 116 Å². The van der Waals surface area contributed by atoms with Gasteiger partial charge in [-0.25, -0.2) is 20.8 Å². The summed E-state index contributed by atoms with van der Waals surface area (Å²) in [5.74, 6) is 12.2. The van der Waals surface area contributed by atoms with Crippen molar-refractivity contribution in [1.82, 2.24) is 15.6 Å². The molecule has 6 aliphatic carbocycles. The summed E-state index contributed by atoms with van der Waals surface area (Å²) in [4.78, 5) is 10.7. The zero-order valence-corrected chi connectivity index (χ0v) is 21.3.